The molecule has 128 valence electrons. The number of hydrogen-bond donors (Lipinski definition) is 2. The van der Waals surface area contributed by atoms with Gasteiger partial charge in [-0.1, -0.05) is 0 Å². The summed E-state index contributed by atoms with van der Waals surface area (Å²) >= 11 is 0. The highest BCUT2D eigenvalue weighted by Gasteiger charge is 2.14. The maximum Gasteiger partial charge on any atom is 0.252 e. The van der Waals surface area contributed by atoms with E-state index in [1.54, 1.807) is 29.2 Å². The zero-order valence-corrected chi connectivity index (χ0v) is 13.3. The molecular formula is C16H15FN6O2. The van der Waals surface area contributed by atoms with Gasteiger partial charge in [-0.3, -0.25) is 4.79 Å². The second-order valence-electron chi connectivity index (χ2n) is 4.97. The number of aromatic nitrogens is 4. The van der Waals surface area contributed by atoms with E-state index in [0.29, 0.717) is 23.9 Å². The van der Waals surface area contributed by atoms with Gasteiger partial charge in [0.1, 0.15) is 17.3 Å². The predicted molar refractivity (Wildman–Crippen MR) is 88.5 cm³/mol. The first kappa shape index (κ1) is 16.4. The lowest BCUT2D eigenvalue weighted by Crippen LogP contribution is -2.15. The second kappa shape index (κ2) is 6.95. The lowest BCUT2D eigenvalue weighted by Gasteiger charge is -2.13. The molecule has 0 saturated heterocycles. The van der Waals surface area contributed by atoms with Crippen LogP contribution in [0.2, 0.25) is 0 Å². The monoisotopic (exact) mass is 342 g/mol. The number of anilines is 2. The lowest BCUT2D eigenvalue weighted by atomic mass is 10.2. The quantitative estimate of drug-likeness (QED) is 0.710. The lowest BCUT2D eigenvalue weighted by molar-refractivity contribution is 0.100. The standard InChI is InChI=1S/C16H15FN6O2/c1-2-25-16-13(23-5-3-4-21-23)7-11(9-20-16)22-15-12(14(18)24)6-10(17)8-19-15/h3-9H,2H2,1H3,(H2,18,24)(H,19,22). The summed E-state index contributed by atoms with van der Waals surface area (Å²) in [6, 6.07) is 4.51. The van der Waals surface area contributed by atoms with Crippen molar-refractivity contribution >= 4 is 17.4 Å². The van der Waals surface area contributed by atoms with Crippen molar-refractivity contribution in [1.29, 1.82) is 0 Å². The van der Waals surface area contributed by atoms with Crippen LogP contribution in [0.1, 0.15) is 17.3 Å². The molecule has 8 nitrogen and oxygen atoms in total. The summed E-state index contributed by atoms with van der Waals surface area (Å²) in [5.41, 5.74) is 6.32. The highest BCUT2D eigenvalue weighted by atomic mass is 19.1. The van der Waals surface area contributed by atoms with Crippen LogP contribution in [-0.2, 0) is 0 Å². The number of pyridine rings is 2. The van der Waals surface area contributed by atoms with E-state index in [9.17, 15) is 9.18 Å². The topological polar surface area (TPSA) is 108 Å². The van der Waals surface area contributed by atoms with Crippen LogP contribution in [0.25, 0.3) is 5.69 Å². The van der Waals surface area contributed by atoms with Gasteiger partial charge in [-0.25, -0.2) is 19.0 Å². The third-order valence-electron chi connectivity index (χ3n) is 3.25. The molecule has 0 aromatic carbocycles. The van der Waals surface area contributed by atoms with Gasteiger partial charge in [0.15, 0.2) is 0 Å². The minimum Gasteiger partial charge on any atom is -0.476 e. The van der Waals surface area contributed by atoms with Crippen molar-refractivity contribution in [3.05, 3.63) is 54.4 Å². The van der Waals surface area contributed by atoms with E-state index in [1.807, 2.05) is 6.92 Å². The zero-order valence-electron chi connectivity index (χ0n) is 13.3. The summed E-state index contributed by atoms with van der Waals surface area (Å²) < 4.78 is 20.4. The molecule has 0 bridgehead atoms. The first-order valence-corrected chi connectivity index (χ1v) is 7.43. The van der Waals surface area contributed by atoms with Crippen LogP contribution in [0.4, 0.5) is 15.9 Å². The van der Waals surface area contributed by atoms with Gasteiger partial charge in [0.2, 0.25) is 5.88 Å². The van der Waals surface area contributed by atoms with Gasteiger partial charge in [-0.2, -0.15) is 5.10 Å². The van der Waals surface area contributed by atoms with E-state index in [0.717, 1.165) is 12.3 Å². The highest BCUT2D eigenvalue weighted by molar-refractivity contribution is 5.98. The molecule has 0 radical (unpaired) electrons. The molecule has 0 aliphatic heterocycles. The van der Waals surface area contributed by atoms with Crippen molar-refractivity contribution in [2.75, 3.05) is 11.9 Å². The molecule has 1 amide bonds. The minimum absolute atomic E-state index is 0.0606. The van der Waals surface area contributed by atoms with Crippen molar-refractivity contribution in [1.82, 2.24) is 19.7 Å². The molecule has 25 heavy (non-hydrogen) atoms. The number of amides is 1. The summed E-state index contributed by atoms with van der Waals surface area (Å²) in [5.74, 6) is -0.910. The Morgan fingerprint density at radius 2 is 2.20 bits per heavy atom. The number of rotatable bonds is 6. The second-order valence-corrected chi connectivity index (χ2v) is 4.97. The molecule has 3 heterocycles. The normalized spacial score (nSPS) is 10.5. The molecular weight excluding hydrogens is 327 g/mol. The molecule has 0 unspecified atom stereocenters. The maximum atomic E-state index is 13.3. The number of carbonyl (C=O) groups is 1. The summed E-state index contributed by atoms with van der Waals surface area (Å²) in [6.07, 6.45) is 5.87. The van der Waals surface area contributed by atoms with Crippen LogP contribution in [0.3, 0.4) is 0 Å². The molecule has 0 spiro atoms. The number of halogens is 1. The van der Waals surface area contributed by atoms with Crippen molar-refractivity contribution in [3.8, 4) is 11.6 Å². The van der Waals surface area contributed by atoms with E-state index in [1.165, 1.54) is 6.20 Å². The Labute approximate surface area is 142 Å². The third-order valence-corrected chi connectivity index (χ3v) is 3.25. The Morgan fingerprint density at radius 1 is 1.36 bits per heavy atom. The third kappa shape index (κ3) is 3.55. The van der Waals surface area contributed by atoms with Crippen molar-refractivity contribution < 1.29 is 13.9 Å². The van der Waals surface area contributed by atoms with Crippen molar-refractivity contribution in [2.24, 2.45) is 5.73 Å². The Kier molecular flexibility index (Phi) is 4.55. The highest BCUT2D eigenvalue weighted by Crippen LogP contribution is 2.26. The summed E-state index contributed by atoms with van der Waals surface area (Å²) in [6.45, 7) is 2.29. The smallest absolute Gasteiger partial charge is 0.252 e. The molecule has 3 rings (SSSR count). The Hall–Kier alpha value is -3.49. The fraction of sp³-hybridized carbons (Fsp3) is 0.125. The molecule has 0 aliphatic rings. The number of hydrogen-bond acceptors (Lipinski definition) is 6. The molecule has 9 heteroatoms. The number of nitrogens with zero attached hydrogens (tertiary/aromatic N) is 4. The summed E-state index contributed by atoms with van der Waals surface area (Å²) in [7, 11) is 0. The number of carbonyl (C=O) groups excluding carboxylic acids is 1. The van der Waals surface area contributed by atoms with E-state index >= 15 is 0 Å². The first-order chi connectivity index (χ1) is 12.1. The molecule has 0 saturated carbocycles. The number of primary amides is 1. The zero-order chi connectivity index (χ0) is 17.8. The maximum absolute atomic E-state index is 13.3. The van der Waals surface area contributed by atoms with Crippen LogP contribution in [0, 0.1) is 5.82 Å². The SMILES string of the molecule is CCOc1ncc(Nc2ncc(F)cc2C(N)=O)cc1-n1cccn1. The van der Waals surface area contributed by atoms with Gasteiger partial charge in [0.25, 0.3) is 5.91 Å². The average Bonchev–Trinajstić information content (AvgIpc) is 3.12. The van der Waals surface area contributed by atoms with Crippen LogP contribution in [-0.4, -0.2) is 32.3 Å². The number of nitrogens with two attached hydrogens (primary N) is 1. The fourth-order valence-corrected chi connectivity index (χ4v) is 2.20. The average molecular weight is 342 g/mol. The van der Waals surface area contributed by atoms with Gasteiger partial charge < -0.3 is 15.8 Å². The van der Waals surface area contributed by atoms with Gasteiger partial charge in [-0.05, 0) is 25.1 Å². The largest absolute Gasteiger partial charge is 0.476 e. The number of nitrogens with one attached hydrogen (secondary N) is 1. The van der Waals surface area contributed by atoms with E-state index < -0.39 is 11.7 Å². The molecule has 0 atom stereocenters. The van der Waals surface area contributed by atoms with Gasteiger partial charge in [0.05, 0.1) is 30.3 Å². The molecule has 3 aromatic rings. The van der Waals surface area contributed by atoms with Crippen molar-refractivity contribution in [2.45, 2.75) is 6.92 Å². The van der Waals surface area contributed by atoms with Crippen LogP contribution >= 0.6 is 0 Å². The Morgan fingerprint density at radius 3 is 2.88 bits per heavy atom. The van der Waals surface area contributed by atoms with Crippen LogP contribution in [0.5, 0.6) is 5.88 Å². The van der Waals surface area contributed by atoms with Gasteiger partial charge >= 0.3 is 0 Å². The van der Waals surface area contributed by atoms with Crippen molar-refractivity contribution in [3.63, 3.8) is 0 Å². The van der Waals surface area contributed by atoms with Gasteiger partial charge in [-0.15, -0.1) is 0 Å². The number of ether oxygens (including phenoxy) is 1. The molecule has 0 fully saturated rings. The Bertz CT molecular complexity index is 898. The van der Waals surface area contributed by atoms with Gasteiger partial charge in [0, 0.05) is 12.4 Å². The first-order valence-electron chi connectivity index (χ1n) is 7.43. The predicted octanol–water partition coefficient (Wildman–Crippen LogP) is 2.04. The fourth-order valence-electron chi connectivity index (χ4n) is 2.20. The summed E-state index contributed by atoms with van der Waals surface area (Å²) in [5, 5.41) is 7.08. The molecule has 3 aromatic heterocycles. The molecule has 3 N–H and O–H groups in total. The summed E-state index contributed by atoms with van der Waals surface area (Å²) in [4.78, 5) is 19.6. The van der Waals surface area contributed by atoms with E-state index in [-0.39, 0.29) is 11.4 Å². The van der Waals surface area contributed by atoms with Crippen LogP contribution < -0.4 is 15.8 Å². The van der Waals surface area contributed by atoms with E-state index in [4.69, 9.17) is 10.5 Å². The molecule has 0 aliphatic carbocycles. The van der Waals surface area contributed by atoms with Crippen LogP contribution in [0.15, 0.2) is 43.0 Å². The Balaban J connectivity index is 1.99. The van der Waals surface area contributed by atoms with E-state index in [2.05, 4.69) is 20.4 Å². The minimum atomic E-state index is -0.791.